The van der Waals surface area contributed by atoms with E-state index in [9.17, 15) is 9.90 Å². The number of benzene rings is 1. The van der Waals surface area contributed by atoms with E-state index in [2.05, 4.69) is 6.58 Å². The summed E-state index contributed by atoms with van der Waals surface area (Å²) >= 11 is 0. The number of carboxylic acids is 1. The number of allylic oxidation sites excluding steroid dienone is 1. The fraction of sp³-hybridized carbons (Fsp3) is 0.400. The average molecular weight is 264 g/mol. The lowest BCUT2D eigenvalue weighted by Crippen LogP contribution is -2.34. The van der Waals surface area contributed by atoms with Crippen molar-refractivity contribution in [1.82, 2.24) is 0 Å². The summed E-state index contributed by atoms with van der Waals surface area (Å²) in [6.45, 7) is 5.51. The Labute approximate surface area is 113 Å². The number of rotatable bonds is 7. The number of ether oxygens (including phenoxy) is 2. The molecule has 1 N–H and O–H groups in total. The van der Waals surface area contributed by atoms with Crippen molar-refractivity contribution in [2.24, 2.45) is 0 Å². The quantitative estimate of drug-likeness (QED) is 0.769. The zero-order valence-electron chi connectivity index (χ0n) is 11.6. The fourth-order valence-corrected chi connectivity index (χ4v) is 2.21. The number of carbonyl (C=O) groups is 1. The molecule has 0 radical (unpaired) electrons. The highest BCUT2D eigenvalue weighted by atomic mass is 16.5. The Balaban J connectivity index is 3.38. The predicted octanol–water partition coefficient (Wildman–Crippen LogP) is 3.01. The van der Waals surface area contributed by atoms with Crippen molar-refractivity contribution in [3.63, 3.8) is 0 Å². The van der Waals surface area contributed by atoms with Crippen molar-refractivity contribution >= 4 is 5.97 Å². The van der Waals surface area contributed by atoms with Gasteiger partial charge in [-0.15, -0.1) is 6.58 Å². The van der Waals surface area contributed by atoms with Crippen LogP contribution in [0.5, 0.6) is 11.5 Å². The van der Waals surface area contributed by atoms with Gasteiger partial charge in [0.05, 0.1) is 19.6 Å². The summed E-state index contributed by atoms with van der Waals surface area (Å²) in [6, 6.07) is 5.22. The summed E-state index contributed by atoms with van der Waals surface area (Å²) in [5.74, 6) is 0.255. The molecule has 0 saturated carbocycles. The van der Waals surface area contributed by atoms with E-state index in [1.165, 1.54) is 7.11 Å². The van der Waals surface area contributed by atoms with Crippen LogP contribution in [0.15, 0.2) is 30.9 Å². The van der Waals surface area contributed by atoms with Gasteiger partial charge in [0.1, 0.15) is 0 Å². The highest BCUT2D eigenvalue weighted by molar-refractivity contribution is 5.82. The minimum Gasteiger partial charge on any atom is -0.493 e. The molecule has 104 valence electrons. The van der Waals surface area contributed by atoms with E-state index in [0.29, 0.717) is 29.9 Å². The van der Waals surface area contributed by atoms with E-state index < -0.39 is 11.4 Å². The SMILES string of the molecule is C=CCC(CC)(C(=O)O)c1ccc(OC)c(OC)c1. The molecule has 1 aromatic carbocycles. The topological polar surface area (TPSA) is 55.8 Å². The summed E-state index contributed by atoms with van der Waals surface area (Å²) in [4.78, 5) is 11.7. The lowest BCUT2D eigenvalue weighted by atomic mass is 9.75. The molecule has 0 bridgehead atoms. The van der Waals surface area contributed by atoms with Crippen LogP contribution >= 0.6 is 0 Å². The zero-order valence-corrected chi connectivity index (χ0v) is 11.6. The Morgan fingerprint density at radius 2 is 2.00 bits per heavy atom. The molecule has 1 aromatic rings. The molecule has 1 atom stereocenters. The molecule has 19 heavy (non-hydrogen) atoms. The molecule has 0 spiro atoms. The fourth-order valence-electron chi connectivity index (χ4n) is 2.21. The Morgan fingerprint density at radius 1 is 1.37 bits per heavy atom. The second-order valence-electron chi connectivity index (χ2n) is 4.30. The first-order valence-electron chi connectivity index (χ1n) is 6.12. The van der Waals surface area contributed by atoms with Crippen LogP contribution in [0.25, 0.3) is 0 Å². The summed E-state index contributed by atoms with van der Waals surface area (Å²) in [5.41, 5.74) is -0.276. The van der Waals surface area contributed by atoms with Crippen LogP contribution in [-0.4, -0.2) is 25.3 Å². The third kappa shape index (κ3) is 2.72. The lowest BCUT2D eigenvalue weighted by Gasteiger charge is -2.28. The van der Waals surface area contributed by atoms with Gasteiger partial charge in [0, 0.05) is 0 Å². The molecule has 0 aliphatic carbocycles. The van der Waals surface area contributed by atoms with Crippen molar-refractivity contribution < 1.29 is 19.4 Å². The number of carboxylic acid groups (broad SMARTS) is 1. The summed E-state index contributed by atoms with van der Waals surface area (Å²) in [5, 5.41) is 9.58. The first-order chi connectivity index (χ1) is 9.05. The van der Waals surface area contributed by atoms with Crippen molar-refractivity contribution in [3.05, 3.63) is 36.4 Å². The average Bonchev–Trinajstić information content (AvgIpc) is 2.43. The Kier molecular flexibility index (Phi) is 4.98. The lowest BCUT2D eigenvalue weighted by molar-refractivity contribution is -0.144. The van der Waals surface area contributed by atoms with Gasteiger partial charge in [-0.3, -0.25) is 4.79 Å². The van der Waals surface area contributed by atoms with Crippen LogP contribution < -0.4 is 9.47 Å². The van der Waals surface area contributed by atoms with Crippen LogP contribution in [0.3, 0.4) is 0 Å². The van der Waals surface area contributed by atoms with Crippen molar-refractivity contribution in [1.29, 1.82) is 0 Å². The van der Waals surface area contributed by atoms with Gasteiger partial charge in [0.15, 0.2) is 11.5 Å². The molecule has 0 saturated heterocycles. The summed E-state index contributed by atoms with van der Waals surface area (Å²) in [6.07, 6.45) is 2.48. The van der Waals surface area contributed by atoms with Crippen molar-refractivity contribution in [3.8, 4) is 11.5 Å². The van der Waals surface area contributed by atoms with Gasteiger partial charge in [-0.1, -0.05) is 19.1 Å². The van der Waals surface area contributed by atoms with E-state index in [1.54, 1.807) is 31.4 Å². The molecule has 4 heteroatoms. The van der Waals surface area contributed by atoms with Gasteiger partial charge in [-0.2, -0.15) is 0 Å². The second kappa shape index (κ2) is 6.27. The van der Waals surface area contributed by atoms with Gasteiger partial charge >= 0.3 is 5.97 Å². The minimum atomic E-state index is -0.971. The van der Waals surface area contributed by atoms with Crippen LogP contribution in [0.2, 0.25) is 0 Å². The first-order valence-corrected chi connectivity index (χ1v) is 6.12. The van der Waals surface area contributed by atoms with Crippen LogP contribution in [0, 0.1) is 0 Å². The Morgan fingerprint density at radius 3 is 2.42 bits per heavy atom. The van der Waals surface area contributed by atoms with Gasteiger partial charge in [0.2, 0.25) is 0 Å². The number of hydrogen-bond acceptors (Lipinski definition) is 3. The third-order valence-corrected chi connectivity index (χ3v) is 3.44. The number of aliphatic carboxylic acids is 1. The normalized spacial score (nSPS) is 13.4. The second-order valence-corrected chi connectivity index (χ2v) is 4.30. The van der Waals surface area contributed by atoms with Crippen molar-refractivity contribution in [2.45, 2.75) is 25.2 Å². The molecule has 0 fully saturated rings. The molecular formula is C15H20O4. The minimum absolute atomic E-state index is 0.369. The molecule has 1 rings (SSSR count). The molecule has 4 nitrogen and oxygen atoms in total. The van der Waals surface area contributed by atoms with Gasteiger partial charge in [0.25, 0.3) is 0 Å². The molecule has 0 aliphatic heterocycles. The number of methoxy groups -OCH3 is 2. The van der Waals surface area contributed by atoms with E-state index in [4.69, 9.17) is 9.47 Å². The van der Waals surface area contributed by atoms with Crippen LogP contribution in [-0.2, 0) is 10.2 Å². The largest absolute Gasteiger partial charge is 0.493 e. The molecule has 0 heterocycles. The van der Waals surface area contributed by atoms with Crippen molar-refractivity contribution in [2.75, 3.05) is 14.2 Å². The maximum atomic E-state index is 11.7. The van der Waals surface area contributed by atoms with Gasteiger partial charge < -0.3 is 14.6 Å². The summed E-state index contributed by atoms with van der Waals surface area (Å²) in [7, 11) is 3.08. The Bertz CT molecular complexity index is 467. The maximum absolute atomic E-state index is 11.7. The van der Waals surface area contributed by atoms with E-state index in [0.717, 1.165) is 0 Å². The van der Waals surface area contributed by atoms with Crippen LogP contribution in [0.4, 0.5) is 0 Å². The highest BCUT2D eigenvalue weighted by Gasteiger charge is 2.38. The molecule has 0 aliphatic rings. The van der Waals surface area contributed by atoms with Gasteiger partial charge in [-0.25, -0.2) is 0 Å². The highest BCUT2D eigenvalue weighted by Crippen LogP contribution is 2.37. The summed E-state index contributed by atoms with van der Waals surface area (Å²) < 4.78 is 10.4. The van der Waals surface area contributed by atoms with E-state index in [1.807, 2.05) is 6.92 Å². The van der Waals surface area contributed by atoms with Crippen LogP contribution in [0.1, 0.15) is 25.3 Å². The van der Waals surface area contributed by atoms with E-state index >= 15 is 0 Å². The maximum Gasteiger partial charge on any atom is 0.314 e. The molecule has 0 aromatic heterocycles. The number of hydrogen-bond donors (Lipinski definition) is 1. The smallest absolute Gasteiger partial charge is 0.314 e. The molecular weight excluding hydrogens is 244 g/mol. The Hall–Kier alpha value is -1.97. The van der Waals surface area contributed by atoms with E-state index in [-0.39, 0.29) is 0 Å². The predicted molar refractivity (Wildman–Crippen MR) is 74.0 cm³/mol. The molecule has 1 unspecified atom stereocenters. The first kappa shape index (κ1) is 15.1. The van der Waals surface area contributed by atoms with Gasteiger partial charge in [-0.05, 0) is 30.5 Å². The third-order valence-electron chi connectivity index (χ3n) is 3.44. The molecule has 0 amide bonds. The zero-order chi connectivity index (χ0) is 14.5. The standard InChI is InChI=1S/C15H20O4/c1-5-9-15(6-2,14(16)17)11-7-8-12(18-3)13(10-11)19-4/h5,7-8,10H,1,6,9H2,2-4H3,(H,16,17). The monoisotopic (exact) mass is 264 g/mol.